The number of nitro benzene ring substituents is 1. The van der Waals surface area contributed by atoms with Crippen LogP contribution in [-0.4, -0.2) is 55.2 Å². The van der Waals surface area contributed by atoms with Crippen molar-refractivity contribution in [3.05, 3.63) is 63.2 Å². The highest BCUT2D eigenvalue weighted by Gasteiger charge is 2.25. The number of amides is 2. The van der Waals surface area contributed by atoms with E-state index in [1.807, 2.05) is 4.90 Å². The van der Waals surface area contributed by atoms with Gasteiger partial charge < -0.3 is 19.9 Å². The Kier molecular flexibility index (Phi) is 7.45. The van der Waals surface area contributed by atoms with Crippen molar-refractivity contribution in [1.82, 2.24) is 10.2 Å². The Hall–Kier alpha value is -3.14. The highest BCUT2D eigenvalue weighted by atomic mass is 35.5. The number of urea groups is 1. The normalized spacial score (nSPS) is 13.9. The first-order valence-electron chi connectivity index (χ1n) is 9.59. The summed E-state index contributed by atoms with van der Waals surface area (Å²) in [5.74, 6) is 0.0848. The number of nitrogens with one attached hydrogen (secondary N) is 1. The van der Waals surface area contributed by atoms with Crippen LogP contribution in [0.2, 0.25) is 5.02 Å². The number of carbonyl (C=O) groups is 1. The third-order valence-corrected chi connectivity index (χ3v) is 5.12. The van der Waals surface area contributed by atoms with E-state index in [1.165, 1.54) is 18.2 Å². The molecule has 0 atom stereocenters. The maximum atomic E-state index is 12.4. The molecule has 166 valence electrons. The zero-order valence-electron chi connectivity index (χ0n) is 16.5. The summed E-state index contributed by atoms with van der Waals surface area (Å²) in [7, 11) is 0. The SMILES string of the molecule is O=C(NCCc1ccc(OC(F)F)cc1)N1CCN(c2ccc(Cl)cc2[N+](=O)[O-])CC1. The van der Waals surface area contributed by atoms with Crippen LogP contribution in [0.5, 0.6) is 5.75 Å². The number of hydrogen-bond acceptors (Lipinski definition) is 5. The van der Waals surface area contributed by atoms with Gasteiger partial charge >= 0.3 is 12.6 Å². The second-order valence-electron chi connectivity index (χ2n) is 6.87. The highest BCUT2D eigenvalue weighted by Crippen LogP contribution is 2.31. The van der Waals surface area contributed by atoms with Gasteiger partial charge in [0.15, 0.2) is 0 Å². The summed E-state index contributed by atoms with van der Waals surface area (Å²) in [4.78, 5) is 26.7. The molecule has 1 fully saturated rings. The maximum absolute atomic E-state index is 12.4. The molecule has 1 aliphatic rings. The number of hydrogen-bond donors (Lipinski definition) is 1. The number of alkyl halides is 2. The molecular weight excluding hydrogens is 434 g/mol. The third kappa shape index (κ3) is 6.17. The number of anilines is 1. The quantitative estimate of drug-likeness (QED) is 0.506. The zero-order valence-corrected chi connectivity index (χ0v) is 17.2. The Labute approximate surface area is 182 Å². The van der Waals surface area contributed by atoms with Crippen molar-refractivity contribution in [3.63, 3.8) is 0 Å². The summed E-state index contributed by atoms with van der Waals surface area (Å²) < 4.78 is 28.6. The Bertz CT molecular complexity index is 922. The Morgan fingerprint density at radius 1 is 1.16 bits per heavy atom. The molecular formula is C20H21ClF2N4O4. The topological polar surface area (TPSA) is 88.0 Å². The van der Waals surface area contributed by atoms with E-state index in [1.54, 1.807) is 29.2 Å². The van der Waals surface area contributed by atoms with Gasteiger partial charge in [0.05, 0.1) is 4.92 Å². The number of ether oxygens (including phenoxy) is 1. The van der Waals surface area contributed by atoms with Crippen LogP contribution in [-0.2, 0) is 6.42 Å². The molecule has 0 spiro atoms. The number of piperazine rings is 1. The van der Waals surface area contributed by atoms with E-state index in [9.17, 15) is 23.7 Å². The summed E-state index contributed by atoms with van der Waals surface area (Å²) in [6.07, 6.45) is 0.539. The maximum Gasteiger partial charge on any atom is 0.387 e. The van der Waals surface area contributed by atoms with Gasteiger partial charge in [0.1, 0.15) is 11.4 Å². The van der Waals surface area contributed by atoms with Gasteiger partial charge in [0.25, 0.3) is 5.69 Å². The smallest absolute Gasteiger partial charge is 0.387 e. The molecule has 1 heterocycles. The van der Waals surface area contributed by atoms with Crippen molar-refractivity contribution in [2.45, 2.75) is 13.0 Å². The number of rotatable bonds is 7. The summed E-state index contributed by atoms with van der Waals surface area (Å²) >= 11 is 5.86. The number of nitrogens with zero attached hydrogens (tertiary/aromatic N) is 3. The predicted octanol–water partition coefficient (Wildman–Crippen LogP) is 3.92. The van der Waals surface area contributed by atoms with Crippen LogP contribution in [0.15, 0.2) is 42.5 Å². The molecule has 0 radical (unpaired) electrons. The van der Waals surface area contributed by atoms with Crippen LogP contribution in [0.3, 0.4) is 0 Å². The van der Waals surface area contributed by atoms with Crippen molar-refractivity contribution >= 4 is 29.0 Å². The summed E-state index contributed by atoms with van der Waals surface area (Å²) in [6, 6.07) is 10.6. The Morgan fingerprint density at radius 3 is 2.45 bits per heavy atom. The molecule has 8 nitrogen and oxygen atoms in total. The summed E-state index contributed by atoms with van der Waals surface area (Å²) in [5.41, 5.74) is 1.30. The first-order valence-corrected chi connectivity index (χ1v) is 9.96. The Morgan fingerprint density at radius 2 is 1.84 bits per heavy atom. The monoisotopic (exact) mass is 454 g/mol. The first-order chi connectivity index (χ1) is 14.8. The molecule has 2 aromatic carbocycles. The van der Waals surface area contributed by atoms with Gasteiger partial charge in [-0.2, -0.15) is 8.78 Å². The van der Waals surface area contributed by atoms with Crippen molar-refractivity contribution in [2.75, 3.05) is 37.6 Å². The van der Waals surface area contributed by atoms with Gasteiger partial charge in [-0.3, -0.25) is 10.1 Å². The minimum atomic E-state index is -2.86. The largest absolute Gasteiger partial charge is 0.435 e. The second kappa shape index (κ2) is 10.3. The van der Waals surface area contributed by atoms with Gasteiger partial charge in [0, 0.05) is 43.8 Å². The molecule has 0 aliphatic carbocycles. The minimum absolute atomic E-state index is 0.0598. The van der Waals surface area contributed by atoms with E-state index >= 15 is 0 Å². The van der Waals surface area contributed by atoms with Gasteiger partial charge in [-0.15, -0.1) is 0 Å². The molecule has 1 aliphatic heterocycles. The summed E-state index contributed by atoms with van der Waals surface area (Å²) in [5, 5.41) is 14.4. The van der Waals surface area contributed by atoms with Crippen LogP contribution in [0.4, 0.5) is 25.0 Å². The van der Waals surface area contributed by atoms with Crippen molar-refractivity contribution in [3.8, 4) is 5.75 Å². The number of carbonyl (C=O) groups excluding carboxylic acids is 1. The number of benzene rings is 2. The molecule has 3 rings (SSSR count). The van der Waals surface area contributed by atoms with E-state index in [0.29, 0.717) is 49.9 Å². The van der Waals surface area contributed by atoms with Crippen LogP contribution >= 0.6 is 11.6 Å². The zero-order chi connectivity index (χ0) is 22.4. The van der Waals surface area contributed by atoms with E-state index < -0.39 is 11.5 Å². The number of nitro groups is 1. The fraction of sp³-hybridized carbons (Fsp3) is 0.350. The fourth-order valence-corrected chi connectivity index (χ4v) is 3.49. The van der Waals surface area contributed by atoms with Gasteiger partial charge in [-0.05, 0) is 36.2 Å². The minimum Gasteiger partial charge on any atom is -0.435 e. The molecule has 11 heteroatoms. The van der Waals surface area contributed by atoms with Crippen LogP contribution in [0, 0.1) is 10.1 Å². The van der Waals surface area contributed by atoms with Crippen LogP contribution < -0.4 is 15.0 Å². The van der Waals surface area contributed by atoms with Gasteiger partial charge in [0.2, 0.25) is 0 Å². The van der Waals surface area contributed by atoms with E-state index in [-0.39, 0.29) is 17.5 Å². The first kappa shape index (κ1) is 22.5. The van der Waals surface area contributed by atoms with E-state index in [0.717, 1.165) is 5.56 Å². The number of halogens is 3. The molecule has 1 N–H and O–H groups in total. The molecule has 0 bridgehead atoms. The lowest BCUT2D eigenvalue weighted by molar-refractivity contribution is -0.384. The van der Waals surface area contributed by atoms with Gasteiger partial charge in [-0.25, -0.2) is 4.79 Å². The molecule has 2 aromatic rings. The average molecular weight is 455 g/mol. The summed E-state index contributed by atoms with van der Waals surface area (Å²) in [6.45, 7) is -0.715. The Balaban J connectivity index is 1.46. The fourth-order valence-electron chi connectivity index (χ4n) is 3.32. The lowest BCUT2D eigenvalue weighted by Gasteiger charge is -2.35. The molecule has 2 amide bonds. The average Bonchev–Trinajstić information content (AvgIpc) is 2.74. The standard InChI is InChI=1S/C20H21ClF2N4O4/c21-15-3-6-17(18(13-15)27(29)30)25-9-11-26(12-10-25)20(28)24-8-7-14-1-4-16(5-2-14)31-19(22)23/h1-6,13,19H,7-12H2,(H,24,28). The van der Waals surface area contributed by atoms with Crippen molar-refractivity contribution in [2.24, 2.45) is 0 Å². The lowest BCUT2D eigenvalue weighted by Crippen LogP contribution is -2.52. The van der Waals surface area contributed by atoms with Gasteiger partial charge in [-0.1, -0.05) is 23.7 Å². The second-order valence-corrected chi connectivity index (χ2v) is 7.31. The van der Waals surface area contributed by atoms with Crippen LogP contribution in [0.1, 0.15) is 5.56 Å². The third-order valence-electron chi connectivity index (χ3n) is 4.88. The predicted molar refractivity (Wildman–Crippen MR) is 112 cm³/mol. The lowest BCUT2D eigenvalue weighted by atomic mass is 10.1. The molecule has 1 saturated heterocycles. The molecule has 0 saturated carbocycles. The molecule has 31 heavy (non-hydrogen) atoms. The highest BCUT2D eigenvalue weighted by molar-refractivity contribution is 6.30. The van der Waals surface area contributed by atoms with Crippen molar-refractivity contribution in [1.29, 1.82) is 0 Å². The van der Waals surface area contributed by atoms with E-state index in [2.05, 4.69) is 10.1 Å². The molecule has 0 aromatic heterocycles. The van der Waals surface area contributed by atoms with Crippen LogP contribution in [0.25, 0.3) is 0 Å². The van der Waals surface area contributed by atoms with Crippen molar-refractivity contribution < 1.29 is 23.2 Å². The van der Waals surface area contributed by atoms with E-state index in [4.69, 9.17) is 11.6 Å². The molecule has 0 unspecified atom stereocenters.